The predicted molar refractivity (Wildman–Crippen MR) is 54.1 cm³/mol. The largest absolute Gasteiger partial charge is 0.329 e. The quantitative estimate of drug-likeness (QED) is 0.563. The van der Waals surface area contributed by atoms with E-state index < -0.39 is 6.04 Å². The van der Waals surface area contributed by atoms with Crippen LogP contribution in [0, 0.1) is 0 Å². The first kappa shape index (κ1) is 12.1. The molecule has 0 radical (unpaired) electrons. The maximum Gasteiger partial charge on any atom is 0.242 e. The zero-order valence-electron chi connectivity index (χ0n) is 8.55. The molecule has 0 rings (SSSR count). The summed E-state index contributed by atoms with van der Waals surface area (Å²) >= 11 is 0. The van der Waals surface area contributed by atoms with Gasteiger partial charge in [-0.25, -0.2) is 0 Å². The van der Waals surface area contributed by atoms with Gasteiger partial charge in [0.1, 0.15) is 0 Å². The van der Waals surface area contributed by atoms with Crippen molar-refractivity contribution in [1.82, 2.24) is 10.6 Å². The van der Waals surface area contributed by atoms with Crippen molar-refractivity contribution in [3.63, 3.8) is 0 Å². The molecule has 76 valence electrons. The topological polar surface area (TPSA) is 67.2 Å². The lowest BCUT2D eigenvalue weighted by atomic mass is 10.1. The van der Waals surface area contributed by atoms with Crippen molar-refractivity contribution in [2.24, 2.45) is 5.73 Å². The molecule has 2 unspecified atom stereocenters. The highest BCUT2D eigenvalue weighted by Gasteiger charge is 2.19. The lowest BCUT2D eigenvalue weighted by molar-refractivity contribution is -0.122. The van der Waals surface area contributed by atoms with Crippen LogP contribution in [-0.2, 0) is 4.79 Å². The summed E-state index contributed by atoms with van der Waals surface area (Å²) in [5, 5.41) is 5.67. The minimum atomic E-state index is -0.531. The molecule has 0 heterocycles. The standard InChI is InChI=1S/C9H19N3O/c1-5-11-7(4)8(10)9(13)12-6(2)3/h7-8,11H,2,5,10H2,1,3-4H3,(H,12,13). The first-order valence-electron chi connectivity index (χ1n) is 4.44. The highest BCUT2D eigenvalue weighted by Crippen LogP contribution is 1.91. The Bertz CT molecular complexity index is 191. The Labute approximate surface area is 79.6 Å². The molecule has 13 heavy (non-hydrogen) atoms. The summed E-state index contributed by atoms with van der Waals surface area (Å²) in [4.78, 5) is 11.3. The first-order chi connectivity index (χ1) is 5.99. The van der Waals surface area contributed by atoms with E-state index in [4.69, 9.17) is 5.73 Å². The van der Waals surface area contributed by atoms with Crippen molar-refractivity contribution >= 4 is 5.91 Å². The Balaban J connectivity index is 4.01. The summed E-state index contributed by atoms with van der Waals surface area (Å²) in [6.07, 6.45) is 0. The molecule has 0 spiro atoms. The summed E-state index contributed by atoms with van der Waals surface area (Å²) in [6, 6.07) is -0.555. The highest BCUT2D eigenvalue weighted by molar-refractivity contribution is 5.83. The van der Waals surface area contributed by atoms with Crippen LogP contribution in [0.4, 0.5) is 0 Å². The van der Waals surface area contributed by atoms with Crippen LogP contribution in [0.2, 0.25) is 0 Å². The minimum absolute atomic E-state index is 0.0238. The Morgan fingerprint density at radius 1 is 1.62 bits per heavy atom. The van der Waals surface area contributed by atoms with Gasteiger partial charge in [0.25, 0.3) is 0 Å². The Kier molecular flexibility index (Phi) is 5.34. The summed E-state index contributed by atoms with van der Waals surface area (Å²) < 4.78 is 0. The highest BCUT2D eigenvalue weighted by atomic mass is 16.2. The molecule has 1 amide bonds. The van der Waals surface area contributed by atoms with E-state index in [1.807, 2.05) is 13.8 Å². The average Bonchev–Trinajstić information content (AvgIpc) is 2.02. The Morgan fingerprint density at radius 2 is 2.15 bits per heavy atom. The molecule has 0 bridgehead atoms. The van der Waals surface area contributed by atoms with Crippen LogP contribution >= 0.6 is 0 Å². The van der Waals surface area contributed by atoms with Crippen LogP contribution < -0.4 is 16.4 Å². The third-order valence-electron chi connectivity index (χ3n) is 1.70. The van der Waals surface area contributed by atoms with Gasteiger partial charge in [0.05, 0.1) is 6.04 Å². The van der Waals surface area contributed by atoms with Crippen molar-refractivity contribution in [3.05, 3.63) is 12.3 Å². The van der Waals surface area contributed by atoms with Crippen molar-refractivity contribution < 1.29 is 4.79 Å². The second kappa shape index (κ2) is 5.72. The van der Waals surface area contributed by atoms with Crippen LogP contribution in [0.1, 0.15) is 20.8 Å². The van der Waals surface area contributed by atoms with Crippen molar-refractivity contribution in [1.29, 1.82) is 0 Å². The predicted octanol–water partition coefficient (Wildman–Crippen LogP) is -0.0385. The fourth-order valence-electron chi connectivity index (χ4n) is 0.970. The molecule has 0 saturated carbocycles. The SMILES string of the molecule is C=C(C)NC(=O)C(N)C(C)NCC. The normalized spacial score (nSPS) is 14.8. The monoisotopic (exact) mass is 185 g/mol. The number of likely N-dealkylation sites (N-methyl/N-ethyl adjacent to an activating group) is 1. The summed E-state index contributed by atoms with van der Waals surface area (Å²) in [5.41, 5.74) is 6.29. The first-order valence-corrected chi connectivity index (χ1v) is 4.44. The third-order valence-corrected chi connectivity index (χ3v) is 1.70. The molecular formula is C9H19N3O. The molecule has 0 aromatic carbocycles. The molecule has 2 atom stereocenters. The van der Waals surface area contributed by atoms with Gasteiger partial charge < -0.3 is 16.4 Å². The molecule has 0 saturated heterocycles. The molecule has 0 aromatic heterocycles. The zero-order valence-corrected chi connectivity index (χ0v) is 8.55. The lowest BCUT2D eigenvalue weighted by Crippen LogP contribution is -2.52. The van der Waals surface area contributed by atoms with Crippen LogP contribution in [0.25, 0.3) is 0 Å². The lowest BCUT2D eigenvalue weighted by Gasteiger charge is -2.19. The molecular weight excluding hydrogens is 166 g/mol. The molecule has 0 fully saturated rings. The van der Waals surface area contributed by atoms with E-state index in [1.54, 1.807) is 6.92 Å². The van der Waals surface area contributed by atoms with Gasteiger partial charge >= 0.3 is 0 Å². The number of nitrogens with two attached hydrogens (primary N) is 1. The summed E-state index contributed by atoms with van der Waals surface area (Å²) in [6.45, 7) is 9.95. The molecule has 4 heteroatoms. The summed E-state index contributed by atoms with van der Waals surface area (Å²) in [7, 11) is 0. The fourth-order valence-corrected chi connectivity index (χ4v) is 0.970. The zero-order chi connectivity index (χ0) is 10.4. The number of carbonyl (C=O) groups is 1. The van der Waals surface area contributed by atoms with Gasteiger partial charge in [-0.3, -0.25) is 4.79 Å². The van der Waals surface area contributed by atoms with Crippen LogP contribution in [0.15, 0.2) is 12.3 Å². The van der Waals surface area contributed by atoms with Crippen LogP contribution in [0.3, 0.4) is 0 Å². The minimum Gasteiger partial charge on any atom is -0.329 e. The number of nitrogens with one attached hydrogen (secondary N) is 2. The van der Waals surface area contributed by atoms with E-state index >= 15 is 0 Å². The second-order valence-corrected chi connectivity index (χ2v) is 3.14. The van der Waals surface area contributed by atoms with E-state index in [2.05, 4.69) is 17.2 Å². The van der Waals surface area contributed by atoms with Gasteiger partial charge in [-0.15, -0.1) is 0 Å². The van der Waals surface area contributed by atoms with Crippen LogP contribution in [0.5, 0.6) is 0 Å². The van der Waals surface area contributed by atoms with E-state index in [1.165, 1.54) is 0 Å². The third kappa shape index (κ3) is 4.65. The smallest absolute Gasteiger partial charge is 0.242 e. The molecule has 0 aromatic rings. The van der Waals surface area contributed by atoms with Gasteiger partial charge in [0, 0.05) is 11.7 Å². The van der Waals surface area contributed by atoms with Gasteiger partial charge in [-0.05, 0) is 20.4 Å². The average molecular weight is 185 g/mol. The van der Waals surface area contributed by atoms with E-state index in [0.29, 0.717) is 5.70 Å². The van der Waals surface area contributed by atoms with Gasteiger partial charge in [0.2, 0.25) is 5.91 Å². The number of carbonyl (C=O) groups excluding carboxylic acids is 1. The van der Waals surface area contributed by atoms with Crippen molar-refractivity contribution in [2.45, 2.75) is 32.9 Å². The van der Waals surface area contributed by atoms with E-state index in [9.17, 15) is 4.79 Å². The second-order valence-electron chi connectivity index (χ2n) is 3.14. The maximum atomic E-state index is 11.3. The van der Waals surface area contributed by atoms with Gasteiger partial charge in [0.15, 0.2) is 0 Å². The van der Waals surface area contributed by atoms with Gasteiger partial charge in [-0.1, -0.05) is 13.5 Å². The molecule has 0 aliphatic rings. The Morgan fingerprint density at radius 3 is 2.54 bits per heavy atom. The Hall–Kier alpha value is -0.870. The molecule has 4 N–H and O–H groups in total. The number of rotatable bonds is 5. The summed E-state index contributed by atoms with van der Waals surface area (Å²) in [5.74, 6) is -0.194. The molecule has 4 nitrogen and oxygen atoms in total. The number of hydrogen-bond acceptors (Lipinski definition) is 3. The number of amides is 1. The maximum absolute atomic E-state index is 11.3. The fraction of sp³-hybridized carbons (Fsp3) is 0.667. The van der Waals surface area contributed by atoms with Crippen LogP contribution in [-0.4, -0.2) is 24.5 Å². The van der Waals surface area contributed by atoms with E-state index in [0.717, 1.165) is 6.54 Å². The molecule has 0 aliphatic carbocycles. The number of hydrogen-bond donors (Lipinski definition) is 3. The van der Waals surface area contributed by atoms with Crippen molar-refractivity contribution in [2.75, 3.05) is 6.54 Å². The van der Waals surface area contributed by atoms with E-state index in [-0.39, 0.29) is 11.9 Å². The van der Waals surface area contributed by atoms with Gasteiger partial charge in [-0.2, -0.15) is 0 Å². The van der Waals surface area contributed by atoms with Crippen molar-refractivity contribution in [3.8, 4) is 0 Å². The number of allylic oxidation sites excluding steroid dienone is 1. The molecule has 0 aliphatic heterocycles.